The average molecular weight is 178 g/mol. The standard InChI is InChI=1S/C9H7FN2O/c1-6-8(10)2-7(4-11)3-9(6)12-5-13/h2-3,5H,1H3,(H,12,13). The predicted octanol–water partition coefficient (Wildman–Crippen LogP) is 1.57. The summed E-state index contributed by atoms with van der Waals surface area (Å²) >= 11 is 0. The summed E-state index contributed by atoms with van der Waals surface area (Å²) < 4.78 is 13.0. The molecule has 0 spiro atoms. The lowest BCUT2D eigenvalue weighted by Crippen LogP contribution is -1.99. The van der Waals surface area contributed by atoms with Crippen molar-refractivity contribution >= 4 is 12.1 Å². The number of rotatable bonds is 2. The van der Waals surface area contributed by atoms with Crippen LogP contribution in [0.1, 0.15) is 11.1 Å². The summed E-state index contributed by atoms with van der Waals surface area (Å²) in [7, 11) is 0. The van der Waals surface area contributed by atoms with Crippen molar-refractivity contribution in [2.24, 2.45) is 0 Å². The van der Waals surface area contributed by atoms with E-state index >= 15 is 0 Å². The number of halogens is 1. The minimum atomic E-state index is -0.497. The highest BCUT2D eigenvalue weighted by atomic mass is 19.1. The number of nitriles is 1. The first kappa shape index (κ1) is 9.20. The molecule has 1 N–H and O–H groups in total. The zero-order valence-electron chi connectivity index (χ0n) is 6.97. The summed E-state index contributed by atoms with van der Waals surface area (Å²) in [5.74, 6) is -0.497. The Morgan fingerprint density at radius 2 is 2.31 bits per heavy atom. The molecule has 0 aromatic heterocycles. The lowest BCUT2D eigenvalue weighted by Gasteiger charge is -2.04. The highest BCUT2D eigenvalue weighted by molar-refractivity contribution is 5.74. The number of carbonyl (C=O) groups is 1. The van der Waals surface area contributed by atoms with E-state index in [1.807, 2.05) is 0 Å². The van der Waals surface area contributed by atoms with Gasteiger partial charge in [-0.1, -0.05) is 0 Å². The first-order chi connectivity index (χ1) is 6.19. The van der Waals surface area contributed by atoms with Crippen LogP contribution < -0.4 is 5.32 Å². The molecule has 13 heavy (non-hydrogen) atoms. The number of amides is 1. The molecule has 1 amide bonds. The van der Waals surface area contributed by atoms with Crippen molar-refractivity contribution in [3.8, 4) is 6.07 Å². The maximum atomic E-state index is 13.0. The van der Waals surface area contributed by atoms with Gasteiger partial charge in [-0.25, -0.2) is 4.39 Å². The molecule has 0 heterocycles. The van der Waals surface area contributed by atoms with Crippen molar-refractivity contribution < 1.29 is 9.18 Å². The molecule has 1 aromatic carbocycles. The molecule has 0 atom stereocenters. The molecule has 0 unspecified atom stereocenters. The molecule has 1 rings (SSSR count). The summed E-state index contributed by atoms with van der Waals surface area (Å²) in [6, 6.07) is 4.35. The highest BCUT2D eigenvalue weighted by Gasteiger charge is 2.05. The summed E-state index contributed by atoms with van der Waals surface area (Å²) in [6.07, 6.45) is 0.447. The maximum absolute atomic E-state index is 13.0. The second-order valence-electron chi connectivity index (χ2n) is 2.50. The number of nitrogens with zero attached hydrogens (tertiary/aromatic N) is 1. The smallest absolute Gasteiger partial charge is 0.211 e. The molecular formula is C9H7FN2O. The third kappa shape index (κ3) is 1.82. The number of hydrogen-bond donors (Lipinski definition) is 1. The molecule has 0 saturated heterocycles. The largest absolute Gasteiger partial charge is 0.328 e. The Labute approximate surface area is 74.8 Å². The van der Waals surface area contributed by atoms with Crippen molar-refractivity contribution in [2.75, 3.05) is 5.32 Å². The number of hydrogen-bond acceptors (Lipinski definition) is 2. The lowest BCUT2D eigenvalue weighted by molar-refractivity contribution is -0.105. The predicted molar refractivity (Wildman–Crippen MR) is 45.5 cm³/mol. The Kier molecular flexibility index (Phi) is 2.60. The van der Waals surface area contributed by atoms with Crippen molar-refractivity contribution in [1.82, 2.24) is 0 Å². The zero-order chi connectivity index (χ0) is 9.84. The van der Waals surface area contributed by atoms with Crippen LogP contribution in [-0.4, -0.2) is 6.41 Å². The molecule has 0 saturated carbocycles. The number of nitrogens with one attached hydrogen (secondary N) is 1. The Balaban J connectivity index is 3.26. The molecule has 66 valence electrons. The minimum Gasteiger partial charge on any atom is -0.328 e. The van der Waals surface area contributed by atoms with Crippen LogP contribution in [0.3, 0.4) is 0 Å². The van der Waals surface area contributed by atoms with Crippen LogP contribution in [0.25, 0.3) is 0 Å². The Morgan fingerprint density at radius 3 is 2.85 bits per heavy atom. The van der Waals surface area contributed by atoms with E-state index < -0.39 is 5.82 Å². The number of anilines is 1. The minimum absolute atomic E-state index is 0.187. The Hall–Kier alpha value is -1.89. The molecule has 4 heteroatoms. The average Bonchev–Trinajstić information content (AvgIpc) is 2.13. The SMILES string of the molecule is Cc1c(F)cc(C#N)cc1NC=O. The summed E-state index contributed by atoms with van der Waals surface area (Å²) in [5, 5.41) is 10.8. The van der Waals surface area contributed by atoms with E-state index in [2.05, 4.69) is 5.32 Å². The van der Waals surface area contributed by atoms with Gasteiger partial charge >= 0.3 is 0 Å². The molecular weight excluding hydrogens is 171 g/mol. The van der Waals surface area contributed by atoms with Gasteiger partial charge in [0.05, 0.1) is 11.6 Å². The van der Waals surface area contributed by atoms with E-state index in [4.69, 9.17) is 5.26 Å². The fraction of sp³-hybridized carbons (Fsp3) is 0.111. The second-order valence-corrected chi connectivity index (χ2v) is 2.50. The van der Waals surface area contributed by atoms with Crippen LogP contribution in [0.15, 0.2) is 12.1 Å². The maximum Gasteiger partial charge on any atom is 0.211 e. The molecule has 0 aliphatic rings. The van der Waals surface area contributed by atoms with Gasteiger partial charge in [0.25, 0.3) is 0 Å². The third-order valence-electron chi connectivity index (χ3n) is 1.69. The van der Waals surface area contributed by atoms with E-state index in [1.165, 1.54) is 13.0 Å². The van der Waals surface area contributed by atoms with Crippen LogP contribution in [0.4, 0.5) is 10.1 Å². The van der Waals surface area contributed by atoms with Crippen molar-refractivity contribution in [1.29, 1.82) is 5.26 Å². The van der Waals surface area contributed by atoms with Crippen LogP contribution in [0.2, 0.25) is 0 Å². The van der Waals surface area contributed by atoms with Gasteiger partial charge in [-0.15, -0.1) is 0 Å². The van der Waals surface area contributed by atoms with E-state index in [-0.39, 0.29) is 5.56 Å². The van der Waals surface area contributed by atoms with E-state index in [0.717, 1.165) is 6.07 Å². The van der Waals surface area contributed by atoms with Crippen molar-refractivity contribution in [3.05, 3.63) is 29.1 Å². The summed E-state index contributed by atoms with van der Waals surface area (Å²) in [6.45, 7) is 1.53. The molecule has 0 radical (unpaired) electrons. The Morgan fingerprint density at radius 1 is 1.62 bits per heavy atom. The van der Waals surface area contributed by atoms with Gasteiger partial charge in [0.15, 0.2) is 0 Å². The van der Waals surface area contributed by atoms with E-state index in [1.54, 1.807) is 6.07 Å². The fourth-order valence-corrected chi connectivity index (χ4v) is 0.957. The van der Waals surface area contributed by atoms with Gasteiger partial charge in [-0.2, -0.15) is 5.26 Å². The highest BCUT2D eigenvalue weighted by Crippen LogP contribution is 2.19. The topological polar surface area (TPSA) is 52.9 Å². The molecule has 0 bridgehead atoms. The zero-order valence-corrected chi connectivity index (χ0v) is 6.97. The number of benzene rings is 1. The monoisotopic (exact) mass is 178 g/mol. The quantitative estimate of drug-likeness (QED) is 0.699. The van der Waals surface area contributed by atoms with Gasteiger partial charge < -0.3 is 5.32 Å². The summed E-state index contributed by atoms with van der Waals surface area (Å²) in [4.78, 5) is 10.1. The lowest BCUT2D eigenvalue weighted by atomic mass is 10.1. The molecule has 3 nitrogen and oxygen atoms in total. The molecule has 0 aliphatic carbocycles. The molecule has 0 aliphatic heterocycles. The van der Waals surface area contributed by atoms with Crippen molar-refractivity contribution in [3.63, 3.8) is 0 Å². The normalized spacial score (nSPS) is 9.00. The van der Waals surface area contributed by atoms with Crippen LogP contribution in [-0.2, 0) is 4.79 Å². The van der Waals surface area contributed by atoms with Crippen LogP contribution in [0.5, 0.6) is 0 Å². The van der Waals surface area contributed by atoms with Gasteiger partial charge in [0.2, 0.25) is 6.41 Å². The van der Waals surface area contributed by atoms with Crippen LogP contribution in [0, 0.1) is 24.1 Å². The van der Waals surface area contributed by atoms with Gasteiger partial charge in [-0.05, 0) is 19.1 Å². The third-order valence-corrected chi connectivity index (χ3v) is 1.69. The van der Waals surface area contributed by atoms with Gasteiger partial charge in [-0.3, -0.25) is 4.79 Å². The van der Waals surface area contributed by atoms with Crippen molar-refractivity contribution in [2.45, 2.75) is 6.92 Å². The van der Waals surface area contributed by atoms with Gasteiger partial charge in [0.1, 0.15) is 5.82 Å². The Bertz CT molecular complexity index is 382. The van der Waals surface area contributed by atoms with E-state index in [9.17, 15) is 9.18 Å². The molecule has 0 fully saturated rings. The first-order valence-electron chi connectivity index (χ1n) is 3.59. The first-order valence-corrected chi connectivity index (χ1v) is 3.59. The van der Waals surface area contributed by atoms with Crippen LogP contribution >= 0.6 is 0 Å². The second kappa shape index (κ2) is 3.68. The fourth-order valence-electron chi connectivity index (χ4n) is 0.957. The number of carbonyl (C=O) groups excluding carboxylic acids is 1. The van der Waals surface area contributed by atoms with E-state index in [0.29, 0.717) is 17.7 Å². The van der Waals surface area contributed by atoms with Gasteiger partial charge in [0, 0.05) is 11.3 Å². The summed E-state index contributed by atoms with van der Waals surface area (Å²) in [5.41, 5.74) is 0.838. The molecule has 1 aromatic rings.